The fraction of sp³-hybridized carbons (Fsp3) is 0.423. The molecule has 0 unspecified atom stereocenters. The molecule has 1 saturated heterocycles. The highest BCUT2D eigenvalue weighted by Crippen LogP contribution is 2.24. The van der Waals surface area contributed by atoms with Crippen LogP contribution in [0.1, 0.15) is 51.0 Å². The number of piperidine rings is 1. The van der Waals surface area contributed by atoms with Crippen molar-refractivity contribution in [3.05, 3.63) is 54.6 Å². The normalized spacial score (nSPS) is 14.7. The van der Waals surface area contributed by atoms with Gasteiger partial charge in [0.1, 0.15) is 5.82 Å². The lowest BCUT2D eigenvalue weighted by Gasteiger charge is -2.26. The molecule has 4 aromatic heterocycles. The van der Waals surface area contributed by atoms with E-state index >= 15 is 0 Å². The van der Waals surface area contributed by atoms with Crippen molar-refractivity contribution in [1.29, 1.82) is 0 Å². The number of likely N-dealkylation sites (tertiary alicyclic amines) is 1. The second-order valence-corrected chi connectivity index (χ2v) is 9.36. The van der Waals surface area contributed by atoms with Crippen molar-refractivity contribution >= 4 is 22.7 Å². The molecule has 0 aliphatic carbocycles. The predicted molar refractivity (Wildman–Crippen MR) is 135 cm³/mol. The van der Waals surface area contributed by atoms with Crippen molar-refractivity contribution in [2.24, 2.45) is 0 Å². The lowest BCUT2D eigenvalue weighted by atomic mass is 10.1. The van der Waals surface area contributed by atoms with Gasteiger partial charge in [-0.1, -0.05) is 20.3 Å². The third-order valence-corrected chi connectivity index (χ3v) is 6.41. The summed E-state index contributed by atoms with van der Waals surface area (Å²) < 4.78 is 2.04. The maximum Gasteiger partial charge on any atom is 0.154 e. The first-order valence-electron chi connectivity index (χ1n) is 12.3. The van der Waals surface area contributed by atoms with Gasteiger partial charge in [-0.2, -0.15) is 10.2 Å². The van der Waals surface area contributed by atoms with Crippen molar-refractivity contribution in [3.63, 3.8) is 0 Å². The molecule has 1 N–H and O–H groups in total. The Morgan fingerprint density at radius 1 is 0.912 bits per heavy atom. The Kier molecular flexibility index (Phi) is 6.76. The van der Waals surface area contributed by atoms with E-state index in [4.69, 9.17) is 4.98 Å². The Labute approximate surface area is 200 Å². The number of fused-ring (bicyclic) bond motifs is 1. The Morgan fingerprint density at radius 2 is 1.79 bits per heavy atom. The third kappa shape index (κ3) is 5.39. The fourth-order valence-corrected chi connectivity index (χ4v) is 4.40. The Balaban J connectivity index is 1.27. The van der Waals surface area contributed by atoms with Gasteiger partial charge < -0.3 is 10.2 Å². The third-order valence-electron chi connectivity index (χ3n) is 6.41. The molecule has 5 heterocycles. The van der Waals surface area contributed by atoms with Crippen LogP contribution in [-0.4, -0.2) is 54.5 Å². The quantitative estimate of drug-likeness (QED) is 0.398. The highest BCUT2D eigenvalue weighted by molar-refractivity contribution is 5.81. The highest BCUT2D eigenvalue weighted by atomic mass is 15.3. The first kappa shape index (κ1) is 22.4. The number of pyridine rings is 2. The summed E-state index contributed by atoms with van der Waals surface area (Å²) in [4.78, 5) is 12.0. The number of hydrogen-bond acceptors (Lipinski definition) is 7. The van der Waals surface area contributed by atoms with Crippen molar-refractivity contribution in [3.8, 4) is 11.1 Å². The molecule has 1 fully saturated rings. The molecule has 0 spiro atoms. The Morgan fingerprint density at radius 3 is 2.65 bits per heavy atom. The average Bonchev–Trinajstić information content (AvgIpc) is 3.33. The summed E-state index contributed by atoms with van der Waals surface area (Å²) in [5, 5.41) is 16.1. The zero-order chi connectivity index (χ0) is 23.3. The number of aryl methyl sites for hydroxylation is 1. The average molecular weight is 457 g/mol. The predicted octanol–water partition coefficient (Wildman–Crippen LogP) is 5.03. The Hall–Kier alpha value is -3.39. The van der Waals surface area contributed by atoms with E-state index in [2.05, 4.69) is 56.6 Å². The first-order chi connectivity index (χ1) is 16.6. The van der Waals surface area contributed by atoms with Crippen LogP contribution in [0.5, 0.6) is 0 Å². The van der Waals surface area contributed by atoms with Gasteiger partial charge >= 0.3 is 0 Å². The molecule has 176 valence electrons. The molecular formula is C26H32N8. The number of nitrogens with zero attached hydrogens (tertiary/aromatic N) is 7. The largest absolute Gasteiger partial charge is 0.323 e. The van der Waals surface area contributed by atoms with E-state index in [0.29, 0.717) is 11.7 Å². The van der Waals surface area contributed by atoms with Crippen molar-refractivity contribution in [2.45, 2.75) is 52.0 Å². The van der Waals surface area contributed by atoms with Crippen molar-refractivity contribution < 1.29 is 0 Å². The monoisotopic (exact) mass is 456 g/mol. The summed E-state index contributed by atoms with van der Waals surface area (Å²) in [5.41, 5.74) is 4.89. The standard InChI is InChI=1S/C26H32N8/c1-19(2)20-14-26(32-28-16-20)31-25-8-7-23-24(30-25)13-21(15-27-23)22-17-29-34(18-22)12-6-11-33-9-4-3-5-10-33/h7-8,13-19H,3-6,9-12H2,1-2H3,(H,30,31,32). The van der Waals surface area contributed by atoms with Crippen LogP contribution in [0.15, 0.2) is 49.1 Å². The van der Waals surface area contributed by atoms with Gasteiger partial charge in [-0.25, -0.2) is 4.98 Å². The summed E-state index contributed by atoms with van der Waals surface area (Å²) in [6.07, 6.45) is 12.9. The second kappa shape index (κ2) is 10.3. The Bertz CT molecular complexity index is 1240. The minimum absolute atomic E-state index is 0.387. The topological polar surface area (TPSA) is 84.7 Å². The molecule has 0 atom stereocenters. The van der Waals surface area contributed by atoms with Gasteiger partial charge in [0.15, 0.2) is 5.82 Å². The smallest absolute Gasteiger partial charge is 0.154 e. The number of rotatable bonds is 8. The summed E-state index contributed by atoms with van der Waals surface area (Å²) in [5.74, 6) is 1.79. The fourth-order valence-electron chi connectivity index (χ4n) is 4.40. The van der Waals surface area contributed by atoms with Crippen LogP contribution < -0.4 is 5.32 Å². The minimum atomic E-state index is 0.387. The molecule has 4 aromatic rings. The van der Waals surface area contributed by atoms with E-state index in [1.807, 2.05) is 35.3 Å². The number of nitrogens with one attached hydrogen (secondary N) is 1. The van der Waals surface area contributed by atoms with Crippen LogP contribution in [0.2, 0.25) is 0 Å². The molecule has 5 rings (SSSR count). The van der Waals surface area contributed by atoms with Gasteiger partial charge in [-0.3, -0.25) is 9.67 Å². The number of anilines is 2. The first-order valence-corrected chi connectivity index (χ1v) is 12.3. The zero-order valence-corrected chi connectivity index (χ0v) is 20.0. The summed E-state index contributed by atoms with van der Waals surface area (Å²) in [6, 6.07) is 7.97. The number of aromatic nitrogens is 6. The van der Waals surface area contributed by atoms with Gasteiger partial charge in [0.2, 0.25) is 0 Å². The van der Waals surface area contributed by atoms with Crippen LogP contribution in [0.25, 0.3) is 22.2 Å². The van der Waals surface area contributed by atoms with Crippen molar-refractivity contribution in [1.82, 2.24) is 34.8 Å². The van der Waals surface area contributed by atoms with E-state index in [9.17, 15) is 0 Å². The maximum atomic E-state index is 4.77. The van der Waals surface area contributed by atoms with Gasteiger partial charge in [0.05, 0.1) is 23.4 Å². The van der Waals surface area contributed by atoms with Gasteiger partial charge in [-0.05, 0) is 74.6 Å². The zero-order valence-electron chi connectivity index (χ0n) is 20.0. The molecule has 0 amide bonds. The summed E-state index contributed by atoms with van der Waals surface area (Å²) >= 11 is 0. The van der Waals surface area contributed by atoms with E-state index < -0.39 is 0 Å². The molecule has 34 heavy (non-hydrogen) atoms. The molecule has 8 nitrogen and oxygen atoms in total. The van der Waals surface area contributed by atoms with E-state index in [-0.39, 0.29) is 0 Å². The molecule has 1 aliphatic rings. The highest BCUT2D eigenvalue weighted by Gasteiger charge is 2.10. The van der Waals surface area contributed by atoms with Crippen LogP contribution in [0.3, 0.4) is 0 Å². The van der Waals surface area contributed by atoms with Crippen LogP contribution in [0.4, 0.5) is 11.6 Å². The number of hydrogen-bond donors (Lipinski definition) is 1. The molecule has 8 heteroatoms. The van der Waals surface area contributed by atoms with Crippen LogP contribution >= 0.6 is 0 Å². The van der Waals surface area contributed by atoms with E-state index in [1.165, 1.54) is 32.4 Å². The molecule has 0 saturated carbocycles. The molecule has 1 aliphatic heterocycles. The van der Waals surface area contributed by atoms with Crippen LogP contribution in [0, 0.1) is 0 Å². The lowest BCUT2D eigenvalue weighted by molar-refractivity contribution is 0.222. The summed E-state index contributed by atoms with van der Waals surface area (Å²) in [7, 11) is 0. The van der Waals surface area contributed by atoms with Gasteiger partial charge in [-0.15, -0.1) is 5.10 Å². The maximum absolute atomic E-state index is 4.77. The molecule has 0 radical (unpaired) electrons. The van der Waals surface area contributed by atoms with Gasteiger partial charge in [0, 0.05) is 30.1 Å². The SMILES string of the molecule is CC(C)c1cnnc(Nc2ccc3ncc(-c4cnn(CCCN5CCCCC5)c4)cc3n2)c1. The van der Waals surface area contributed by atoms with E-state index in [0.717, 1.165) is 53.1 Å². The minimum Gasteiger partial charge on any atom is -0.323 e. The second-order valence-electron chi connectivity index (χ2n) is 9.36. The van der Waals surface area contributed by atoms with Crippen molar-refractivity contribution in [2.75, 3.05) is 25.0 Å². The summed E-state index contributed by atoms with van der Waals surface area (Å²) in [6.45, 7) is 8.84. The lowest BCUT2D eigenvalue weighted by Crippen LogP contribution is -2.31. The molecule has 0 bridgehead atoms. The van der Waals surface area contributed by atoms with Gasteiger partial charge in [0.25, 0.3) is 0 Å². The van der Waals surface area contributed by atoms with Crippen LogP contribution in [-0.2, 0) is 6.54 Å². The molecular weight excluding hydrogens is 424 g/mol. The molecule has 0 aromatic carbocycles. The van der Waals surface area contributed by atoms with E-state index in [1.54, 1.807) is 6.20 Å².